The average molecular weight is 206 g/mol. The summed E-state index contributed by atoms with van der Waals surface area (Å²) in [5.41, 5.74) is 4.23. The highest BCUT2D eigenvalue weighted by molar-refractivity contribution is 5.43. The molecule has 1 aromatic rings. The number of rotatable bonds is 4. The maximum absolute atomic E-state index is 8.78. The fraction of sp³-hybridized carbons (Fsp3) is 0.500. The van der Waals surface area contributed by atoms with Crippen LogP contribution >= 0.6 is 0 Å². The second-order valence-corrected chi connectivity index (χ2v) is 4.11. The van der Waals surface area contributed by atoms with Crippen LogP contribution in [0.3, 0.4) is 0 Å². The Morgan fingerprint density at radius 2 is 2.07 bits per heavy atom. The Hall–Kier alpha value is -1.06. The lowest BCUT2D eigenvalue weighted by Crippen LogP contribution is -2.21. The third-order valence-corrected chi connectivity index (χ3v) is 2.97. The molecule has 82 valence electrons. The summed E-state index contributed by atoms with van der Waals surface area (Å²) >= 11 is 0. The molecular weight excluding hydrogens is 188 g/mol. The van der Waals surface area contributed by atoms with Crippen LogP contribution in [0.25, 0.3) is 0 Å². The summed E-state index contributed by atoms with van der Waals surface area (Å²) in [4.78, 5) is 2.50. The minimum absolute atomic E-state index is 0.772. The molecule has 0 aromatic heterocycles. The van der Waals surface area contributed by atoms with E-state index in [1.807, 2.05) is 18.2 Å². The molecule has 3 heteroatoms. The first-order valence-electron chi connectivity index (χ1n) is 5.60. The lowest BCUT2D eigenvalue weighted by atomic mass is 10.1. The zero-order chi connectivity index (χ0) is 10.5. The fourth-order valence-corrected chi connectivity index (χ4v) is 2.09. The smallest absolute Gasteiger partial charge is 0.0604 e. The van der Waals surface area contributed by atoms with Crippen LogP contribution < -0.4 is 5.48 Å². The zero-order valence-corrected chi connectivity index (χ0v) is 8.95. The van der Waals surface area contributed by atoms with Crippen LogP contribution in [-0.4, -0.2) is 29.7 Å². The molecule has 15 heavy (non-hydrogen) atoms. The van der Waals surface area contributed by atoms with Crippen molar-refractivity contribution in [3.63, 3.8) is 0 Å². The van der Waals surface area contributed by atoms with Crippen molar-refractivity contribution in [2.24, 2.45) is 0 Å². The summed E-state index contributed by atoms with van der Waals surface area (Å²) in [5.74, 6) is 0. The monoisotopic (exact) mass is 206 g/mol. The number of likely N-dealkylation sites (tertiary alicyclic amines) is 1. The van der Waals surface area contributed by atoms with E-state index >= 15 is 0 Å². The van der Waals surface area contributed by atoms with Crippen LogP contribution in [0.2, 0.25) is 0 Å². The summed E-state index contributed by atoms with van der Waals surface area (Å²) in [7, 11) is 0. The highest BCUT2D eigenvalue weighted by Crippen LogP contribution is 2.12. The standard InChI is InChI=1S/C12H18N2O/c15-13-12-5-3-4-11(10-12)6-9-14-7-1-2-8-14/h3-5,10,13,15H,1-2,6-9H2. The molecule has 1 aliphatic heterocycles. The van der Waals surface area contributed by atoms with E-state index in [0.29, 0.717) is 0 Å². The highest BCUT2D eigenvalue weighted by atomic mass is 16.5. The SMILES string of the molecule is ONc1cccc(CCN2CCCC2)c1. The third kappa shape index (κ3) is 2.94. The van der Waals surface area contributed by atoms with Crippen LogP contribution in [0.1, 0.15) is 18.4 Å². The van der Waals surface area contributed by atoms with Crippen molar-refractivity contribution in [3.8, 4) is 0 Å². The molecule has 2 rings (SSSR count). The second-order valence-electron chi connectivity index (χ2n) is 4.11. The van der Waals surface area contributed by atoms with Crippen LogP contribution in [0, 0.1) is 0 Å². The number of nitrogens with zero attached hydrogens (tertiary/aromatic N) is 1. The molecule has 0 radical (unpaired) electrons. The van der Waals surface area contributed by atoms with Crippen LogP contribution in [0.4, 0.5) is 5.69 Å². The summed E-state index contributed by atoms with van der Waals surface area (Å²) < 4.78 is 0. The summed E-state index contributed by atoms with van der Waals surface area (Å²) in [6, 6.07) is 7.93. The van der Waals surface area contributed by atoms with Gasteiger partial charge >= 0.3 is 0 Å². The molecule has 0 spiro atoms. The first-order chi connectivity index (χ1) is 7.38. The summed E-state index contributed by atoms with van der Waals surface area (Å²) in [6.45, 7) is 3.63. The Balaban J connectivity index is 1.86. The van der Waals surface area contributed by atoms with Crippen molar-refractivity contribution in [2.75, 3.05) is 25.1 Å². The van der Waals surface area contributed by atoms with Gasteiger partial charge in [0.1, 0.15) is 0 Å². The molecule has 2 N–H and O–H groups in total. The topological polar surface area (TPSA) is 35.5 Å². The van der Waals surface area contributed by atoms with Gasteiger partial charge in [0.2, 0.25) is 0 Å². The van der Waals surface area contributed by atoms with Crippen molar-refractivity contribution in [2.45, 2.75) is 19.3 Å². The van der Waals surface area contributed by atoms with Gasteiger partial charge in [0.05, 0.1) is 5.69 Å². The molecular formula is C12H18N2O. The molecule has 0 bridgehead atoms. The molecule has 1 saturated heterocycles. The Bertz CT molecular complexity index is 308. The number of hydrogen-bond acceptors (Lipinski definition) is 3. The minimum atomic E-state index is 0.772. The average Bonchev–Trinajstić information content (AvgIpc) is 2.79. The molecule has 1 fully saturated rings. The normalized spacial score (nSPS) is 16.9. The predicted octanol–water partition coefficient (Wildman–Crippen LogP) is 2.13. The maximum atomic E-state index is 8.78. The van der Waals surface area contributed by atoms with Gasteiger partial charge in [-0.25, -0.2) is 0 Å². The van der Waals surface area contributed by atoms with Gasteiger partial charge in [0.15, 0.2) is 0 Å². The lowest BCUT2D eigenvalue weighted by Gasteiger charge is -2.14. The lowest BCUT2D eigenvalue weighted by molar-refractivity contribution is 0.343. The van der Waals surface area contributed by atoms with Gasteiger partial charge in [-0.3, -0.25) is 10.7 Å². The van der Waals surface area contributed by atoms with E-state index in [0.717, 1.165) is 18.7 Å². The molecule has 0 amide bonds. The van der Waals surface area contributed by atoms with Gasteiger partial charge in [-0.05, 0) is 50.0 Å². The Morgan fingerprint density at radius 3 is 2.80 bits per heavy atom. The zero-order valence-electron chi connectivity index (χ0n) is 8.95. The molecule has 1 aromatic carbocycles. The molecule has 1 aliphatic rings. The Labute approximate surface area is 90.7 Å². The Kier molecular flexibility index (Phi) is 3.59. The van der Waals surface area contributed by atoms with E-state index in [-0.39, 0.29) is 0 Å². The molecule has 3 nitrogen and oxygen atoms in total. The van der Waals surface area contributed by atoms with Gasteiger partial charge in [-0.2, -0.15) is 0 Å². The number of anilines is 1. The van der Waals surface area contributed by atoms with Crippen molar-refractivity contribution in [1.82, 2.24) is 4.90 Å². The van der Waals surface area contributed by atoms with E-state index in [2.05, 4.69) is 16.4 Å². The minimum Gasteiger partial charge on any atom is -0.303 e. The third-order valence-electron chi connectivity index (χ3n) is 2.97. The first kappa shape index (κ1) is 10.5. The number of benzene rings is 1. The number of nitrogens with one attached hydrogen (secondary N) is 1. The Morgan fingerprint density at radius 1 is 1.27 bits per heavy atom. The highest BCUT2D eigenvalue weighted by Gasteiger charge is 2.10. The van der Waals surface area contributed by atoms with Crippen molar-refractivity contribution in [1.29, 1.82) is 0 Å². The van der Waals surface area contributed by atoms with Gasteiger partial charge < -0.3 is 4.90 Å². The van der Waals surface area contributed by atoms with E-state index in [4.69, 9.17) is 5.21 Å². The molecule has 0 aliphatic carbocycles. The van der Waals surface area contributed by atoms with Gasteiger partial charge in [-0.1, -0.05) is 12.1 Å². The van der Waals surface area contributed by atoms with E-state index in [1.165, 1.54) is 31.5 Å². The van der Waals surface area contributed by atoms with E-state index < -0.39 is 0 Å². The van der Waals surface area contributed by atoms with Crippen LogP contribution in [-0.2, 0) is 6.42 Å². The summed E-state index contributed by atoms with van der Waals surface area (Å²) in [6.07, 6.45) is 3.76. The molecule has 1 heterocycles. The van der Waals surface area contributed by atoms with E-state index in [1.54, 1.807) is 0 Å². The van der Waals surface area contributed by atoms with Crippen molar-refractivity contribution in [3.05, 3.63) is 29.8 Å². The van der Waals surface area contributed by atoms with Crippen LogP contribution in [0.5, 0.6) is 0 Å². The fourth-order valence-electron chi connectivity index (χ4n) is 2.09. The van der Waals surface area contributed by atoms with E-state index in [9.17, 15) is 0 Å². The van der Waals surface area contributed by atoms with Gasteiger partial charge in [-0.15, -0.1) is 0 Å². The summed E-state index contributed by atoms with van der Waals surface area (Å²) in [5, 5.41) is 8.78. The van der Waals surface area contributed by atoms with Crippen molar-refractivity contribution >= 4 is 5.69 Å². The second kappa shape index (κ2) is 5.14. The van der Waals surface area contributed by atoms with Crippen molar-refractivity contribution < 1.29 is 5.21 Å². The first-order valence-corrected chi connectivity index (χ1v) is 5.60. The molecule has 0 saturated carbocycles. The number of hydrogen-bond donors (Lipinski definition) is 2. The predicted molar refractivity (Wildman–Crippen MR) is 61.2 cm³/mol. The molecule has 0 atom stereocenters. The van der Waals surface area contributed by atoms with Crippen LogP contribution in [0.15, 0.2) is 24.3 Å². The van der Waals surface area contributed by atoms with Gasteiger partial charge in [0.25, 0.3) is 0 Å². The largest absolute Gasteiger partial charge is 0.303 e. The quantitative estimate of drug-likeness (QED) is 0.741. The maximum Gasteiger partial charge on any atom is 0.0604 e. The molecule has 0 unspecified atom stereocenters. The van der Waals surface area contributed by atoms with Gasteiger partial charge in [0, 0.05) is 6.54 Å².